The van der Waals surface area contributed by atoms with E-state index in [-0.39, 0.29) is 16.6 Å². The molecule has 1 saturated heterocycles. The smallest absolute Gasteiger partial charge is 0.243 e. The summed E-state index contributed by atoms with van der Waals surface area (Å²) >= 11 is 5.90. The van der Waals surface area contributed by atoms with Crippen molar-refractivity contribution in [2.45, 2.75) is 24.8 Å². The van der Waals surface area contributed by atoms with Crippen LogP contribution in [-0.2, 0) is 14.8 Å². The van der Waals surface area contributed by atoms with E-state index in [4.69, 9.17) is 22.1 Å². The summed E-state index contributed by atoms with van der Waals surface area (Å²) in [6, 6.07) is 2.82. The predicted octanol–water partition coefficient (Wildman–Crippen LogP) is 1.64. The number of nitrogen functional groups attached to an aromatic ring is 1. The van der Waals surface area contributed by atoms with Crippen LogP contribution in [0.4, 0.5) is 5.69 Å². The summed E-state index contributed by atoms with van der Waals surface area (Å²) in [5.74, 6) is 0. The molecule has 0 aromatic heterocycles. The summed E-state index contributed by atoms with van der Waals surface area (Å²) in [5, 5.41) is 0.367. The van der Waals surface area contributed by atoms with Crippen molar-refractivity contribution in [2.75, 3.05) is 25.5 Å². The van der Waals surface area contributed by atoms with Crippen molar-refractivity contribution in [3.05, 3.63) is 22.7 Å². The van der Waals surface area contributed by atoms with Crippen molar-refractivity contribution in [1.29, 1.82) is 0 Å². The number of aryl methyl sites for hydroxylation is 1. The van der Waals surface area contributed by atoms with E-state index in [1.807, 2.05) is 6.92 Å². The lowest BCUT2D eigenvalue weighted by Crippen LogP contribution is -2.47. The zero-order valence-electron chi connectivity index (χ0n) is 10.9. The normalized spacial score (nSPS) is 21.5. The van der Waals surface area contributed by atoms with E-state index in [1.165, 1.54) is 10.4 Å². The van der Waals surface area contributed by atoms with Crippen molar-refractivity contribution in [2.24, 2.45) is 0 Å². The summed E-state index contributed by atoms with van der Waals surface area (Å²) in [5.41, 5.74) is 6.58. The number of hydrogen-bond donors (Lipinski definition) is 1. The predicted molar refractivity (Wildman–Crippen MR) is 74.8 cm³/mol. The molecule has 0 unspecified atom stereocenters. The Morgan fingerprint density at radius 1 is 1.47 bits per heavy atom. The van der Waals surface area contributed by atoms with Crippen molar-refractivity contribution in [3.8, 4) is 0 Å². The Morgan fingerprint density at radius 3 is 2.79 bits per heavy atom. The number of halogens is 1. The molecule has 0 bridgehead atoms. The zero-order chi connectivity index (χ0) is 14.2. The molecule has 2 rings (SSSR count). The first-order valence-electron chi connectivity index (χ1n) is 5.99. The van der Waals surface area contributed by atoms with Crippen LogP contribution in [0.3, 0.4) is 0 Å². The van der Waals surface area contributed by atoms with Crippen molar-refractivity contribution < 1.29 is 13.2 Å². The molecule has 0 spiro atoms. The highest BCUT2D eigenvalue weighted by atomic mass is 35.5. The fraction of sp³-hybridized carbons (Fsp3) is 0.500. The second kappa shape index (κ2) is 5.28. The summed E-state index contributed by atoms with van der Waals surface area (Å²) in [4.78, 5) is 0.211. The van der Waals surface area contributed by atoms with Gasteiger partial charge in [-0.25, -0.2) is 8.42 Å². The van der Waals surface area contributed by atoms with Crippen molar-refractivity contribution >= 4 is 27.3 Å². The maximum Gasteiger partial charge on any atom is 0.243 e. The van der Waals surface area contributed by atoms with Gasteiger partial charge in [-0.2, -0.15) is 4.31 Å². The standard InChI is InChI=1S/C12H17ClN2O3S/c1-8-5-10(13)11(14)6-12(8)19(16,17)15-3-4-18-7-9(15)2/h5-6,9H,3-4,7,14H2,1-2H3/t9-/m1/s1. The molecular weight excluding hydrogens is 288 g/mol. The molecule has 1 fully saturated rings. The highest BCUT2D eigenvalue weighted by Crippen LogP contribution is 2.29. The molecule has 2 N–H and O–H groups in total. The molecule has 1 aromatic rings. The molecule has 1 aromatic carbocycles. The van der Waals surface area contributed by atoms with Crippen LogP contribution in [0.15, 0.2) is 17.0 Å². The van der Waals surface area contributed by atoms with Crippen molar-refractivity contribution in [3.63, 3.8) is 0 Å². The highest BCUT2D eigenvalue weighted by Gasteiger charge is 2.32. The lowest BCUT2D eigenvalue weighted by molar-refractivity contribution is 0.0392. The number of hydrogen-bond acceptors (Lipinski definition) is 4. The molecule has 1 heterocycles. The SMILES string of the molecule is Cc1cc(Cl)c(N)cc1S(=O)(=O)N1CCOC[C@H]1C. The first-order valence-corrected chi connectivity index (χ1v) is 7.81. The molecule has 0 radical (unpaired) electrons. The van der Waals surface area contributed by atoms with E-state index in [9.17, 15) is 8.42 Å². The quantitative estimate of drug-likeness (QED) is 0.843. The minimum atomic E-state index is -3.57. The van der Waals surface area contributed by atoms with Gasteiger partial charge in [0.1, 0.15) is 0 Å². The third kappa shape index (κ3) is 2.72. The largest absolute Gasteiger partial charge is 0.397 e. The highest BCUT2D eigenvalue weighted by molar-refractivity contribution is 7.89. The van der Waals surface area contributed by atoms with Crippen LogP contribution in [-0.4, -0.2) is 38.5 Å². The number of sulfonamides is 1. The lowest BCUT2D eigenvalue weighted by Gasteiger charge is -2.32. The number of anilines is 1. The van der Waals surface area contributed by atoms with Gasteiger partial charge in [-0.15, -0.1) is 0 Å². The molecule has 0 saturated carbocycles. The third-order valence-electron chi connectivity index (χ3n) is 3.19. The van der Waals surface area contributed by atoms with Crippen LogP contribution >= 0.6 is 11.6 Å². The van der Waals surface area contributed by atoms with Crippen LogP contribution in [0.25, 0.3) is 0 Å². The Morgan fingerprint density at radius 2 is 2.16 bits per heavy atom. The van der Waals surface area contributed by atoms with Crippen LogP contribution in [0.1, 0.15) is 12.5 Å². The van der Waals surface area contributed by atoms with Gasteiger partial charge < -0.3 is 10.5 Å². The van der Waals surface area contributed by atoms with Crippen LogP contribution in [0.2, 0.25) is 5.02 Å². The second-order valence-corrected chi connectivity index (χ2v) is 6.95. The minimum Gasteiger partial charge on any atom is -0.397 e. The molecule has 19 heavy (non-hydrogen) atoms. The molecule has 5 nitrogen and oxygen atoms in total. The number of rotatable bonds is 2. The maximum atomic E-state index is 12.7. The van der Waals surface area contributed by atoms with Gasteiger partial charge in [0.05, 0.1) is 28.8 Å². The van der Waals surface area contributed by atoms with Crippen LogP contribution in [0, 0.1) is 6.92 Å². The van der Waals surface area contributed by atoms with Crippen LogP contribution < -0.4 is 5.73 Å². The van der Waals surface area contributed by atoms with E-state index >= 15 is 0 Å². The van der Waals surface area contributed by atoms with Gasteiger partial charge in [0.15, 0.2) is 0 Å². The van der Waals surface area contributed by atoms with Crippen LogP contribution in [0.5, 0.6) is 0 Å². The average Bonchev–Trinajstić information content (AvgIpc) is 2.34. The first-order chi connectivity index (χ1) is 8.84. The fourth-order valence-electron chi connectivity index (χ4n) is 2.14. The first kappa shape index (κ1) is 14.6. The summed E-state index contributed by atoms with van der Waals surface area (Å²) in [6.07, 6.45) is 0. The van der Waals surface area contributed by atoms with Gasteiger partial charge in [-0.1, -0.05) is 11.6 Å². The molecule has 0 amide bonds. The monoisotopic (exact) mass is 304 g/mol. The number of nitrogens with two attached hydrogens (primary N) is 1. The zero-order valence-corrected chi connectivity index (χ0v) is 12.5. The number of morpholine rings is 1. The van der Waals surface area contributed by atoms with E-state index in [1.54, 1.807) is 13.0 Å². The van der Waals surface area contributed by atoms with E-state index in [0.717, 1.165) is 0 Å². The Bertz CT molecular complexity index is 589. The average molecular weight is 305 g/mol. The maximum absolute atomic E-state index is 12.7. The minimum absolute atomic E-state index is 0.185. The Hall–Kier alpha value is -0.820. The second-order valence-electron chi connectivity index (χ2n) is 4.68. The molecule has 1 atom stereocenters. The lowest BCUT2D eigenvalue weighted by atomic mass is 10.2. The molecule has 1 aliphatic heterocycles. The number of nitrogens with zero attached hydrogens (tertiary/aromatic N) is 1. The molecule has 1 aliphatic rings. The fourth-order valence-corrected chi connectivity index (χ4v) is 4.20. The Kier molecular flexibility index (Phi) is 4.06. The third-order valence-corrected chi connectivity index (χ3v) is 5.67. The van der Waals surface area contributed by atoms with E-state index < -0.39 is 10.0 Å². The van der Waals surface area contributed by atoms with Gasteiger partial charge in [-0.05, 0) is 31.5 Å². The van der Waals surface area contributed by atoms with E-state index in [0.29, 0.717) is 30.3 Å². The molecule has 106 valence electrons. The summed E-state index contributed by atoms with van der Waals surface area (Å²) in [6.45, 7) is 4.70. The van der Waals surface area contributed by atoms with Gasteiger partial charge >= 0.3 is 0 Å². The summed E-state index contributed by atoms with van der Waals surface area (Å²) in [7, 11) is -3.57. The van der Waals surface area contributed by atoms with Gasteiger partial charge in [0, 0.05) is 12.6 Å². The van der Waals surface area contributed by atoms with Gasteiger partial charge in [-0.3, -0.25) is 0 Å². The number of benzene rings is 1. The molecule has 0 aliphatic carbocycles. The van der Waals surface area contributed by atoms with E-state index in [2.05, 4.69) is 0 Å². The summed E-state index contributed by atoms with van der Waals surface area (Å²) < 4.78 is 32.0. The van der Waals surface area contributed by atoms with Gasteiger partial charge in [0.25, 0.3) is 0 Å². The molecule has 7 heteroatoms. The van der Waals surface area contributed by atoms with Crippen molar-refractivity contribution in [1.82, 2.24) is 4.31 Å². The number of ether oxygens (including phenoxy) is 1. The van der Waals surface area contributed by atoms with Gasteiger partial charge in [0.2, 0.25) is 10.0 Å². The molecular formula is C12H17ClN2O3S. The Balaban J connectivity index is 2.47. The topological polar surface area (TPSA) is 72.6 Å². The Labute approximate surface area is 118 Å².